The first-order chi connectivity index (χ1) is 6.65. The number of rotatable bonds is 1. The first kappa shape index (κ1) is 10.4. The van der Waals surface area contributed by atoms with Crippen LogP contribution >= 0.6 is 12.6 Å². The summed E-state index contributed by atoms with van der Waals surface area (Å²) in [5.74, 6) is 5.39. The van der Waals surface area contributed by atoms with Crippen molar-refractivity contribution in [3.05, 3.63) is 33.9 Å². The molecule has 0 heterocycles. The van der Waals surface area contributed by atoms with Gasteiger partial charge in [0, 0.05) is 17.7 Å². The number of phenolic OH excluding ortho intramolecular Hbond substituents is 1. The largest absolute Gasteiger partial charge is 0.502 e. The predicted octanol–water partition coefficient (Wildman–Crippen LogP) is 1.58. The van der Waals surface area contributed by atoms with Crippen LogP contribution in [-0.2, 0) is 0 Å². The molecule has 0 fully saturated rings. The standard InChI is InChI=1S/C9H7NO3S/c11-9-6-7(2-1-5-14)3-4-8(9)10(12)13/h3-4,6,11,14H,5H2. The molecule has 4 nitrogen and oxygen atoms in total. The zero-order chi connectivity index (χ0) is 10.6. The molecular formula is C9H7NO3S. The van der Waals surface area contributed by atoms with Crippen LogP contribution in [-0.4, -0.2) is 15.8 Å². The maximum Gasteiger partial charge on any atom is 0.310 e. The zero-order valence-electron chi connectivity index (χ0n) is 7.10. The summed E-state index contributed by atoms with van der Waals surface area (Å²) in [4.78, 5) is 9.70. The lowest BCUT2D eigenvalue weighted by Crippen LogP contribution is -1.88. The van der Waals surface area contributed by atoms with Crippen molar-refractivity contribution in [1.29, 1.82) is 0 Å². The van der Waals surface area contributed by atoms with Gasteiger partial charge in [0.25, 0.3) is 0 Å². The summed E-state index contributed by atoms with van der Waals surface area (Å²) in [6.45, 7) is 0. The summed E-state index contributed by atoms with van der Waals surface area (Å²) < 4.78 is 0. The van der Waals surface area contributed by atoms with Crippen molar-refractivity contribution >= 4 is 18.3 Å². The van der Waals surface area contributed by atoms with Gasteiger partial charge >= 0.3 is 5.69 Å². The number of nitrogens with zero attached hydrogens (tertiary/aromatic N) is 1. The number of nitro benzene ring substituents is 1. The Morgan fingerprint density at radius 3 is 2.79 bits per heavy atom. The smallest absolute Gasteiger partial charge is 0.310 e. The van der Waals surface area contributed by atoms with Crippen LogP contribution in [0.4, 0.5) is 5.69 Å². The summed E-state index contributed by atoms with van der Waals surface area (Å²) in [6.07, 6.45) is 0. The fourth-order valence-corrected chi connectivity index (χ4v) is 0.976. The van der Waals surface area contributed by atoms with Gasteiger partial charge in [-0.2, -0.15) is 12.6 Å². The van der Waals surface area contributed by atoms with Crippen molar-refractivity contribution in [1.82, 2.24) is 0 Å². The Morgan fingerprint density at radius 2 is 2.29 bits per heavy atom. The molecule has 0 amide bonds. The second-order valence-electron chi connectivity index (χ2n) is 2.42. The number of hydrogen-bond donors (Lipinski definition) is 2. The minimum absolute atomic E-state index is 0.318. The Hall–Kier alpha value is -1.67. The minimum atomic E-state index is -0.648. The molecular weight excluding hydrogens is 202 g/mol. The number of aromatic hydroxyl groups is 1. The molecule has 0 aliphatic carbocycles. The SMILES string of the molecule is O=[N+]([O-])c1ccc(C#CCS)cc1O. The van der Waals surface area contributed by atoms with E-state index in [1.165, 1.54) is 18.2 Å². The quantitative estimate of drug-likeness (QED) is 0.319. The van der Waals surface area contributed by atoms with E-state index in [-0.39, 0.29) is 11.4 Å². The second kappa shape index (κ2) is 4.53. The lowest BCUT2D eigenvalue weighted by molar-refractivity contribution is -0.385. The maximum absolute atomic E-state index is 10.3. The van der Waals surface area contributed by atoms with Crippen LogP contribution in [0.25, 0.3) is 0 Å². The number of thiol groups is 1. The van der Waals surface area contributed by atoms with Gasteiger partial charge in [0.05, 0.1) is 10.7 Å². The fraction of sp³-hybridized carbons (Fsp3) is 0.111. The van der Waals surface area contributed by atoms with Crippen LogP contribution in [0.3, 0.4) is 0 Å². The van der Waals surface area contributed by atoms with E-state index in [0.29, 0.717) is 11.3 Å². The van der Waals surface area contributed by atoms with E-state index >= 15 is 0 Å². The number of hydrogen-bond acceptors (Lipinski definition) is 4. The van der Waals surface area contributed by atoms with E-state index in [9.17, 15) is 15.2 Å². The topological polar surface area (TPSA) is 63.4 Å². The molecule has 1 aromatic rings. The number of phenols is 1. The van der Waals surface area contributed by atoms with Gasteiger partial charge in [-0.3, -0.25) is 10.1 Å². The molecule has 0 aliphatic heterocycles. The van der Waals surface area contributed by atoms with Crippen molar-refractivity contribution in [2.75, 3.05) is 5.75 Å². The molecule has 0 saturated heterocycles. The van der Waals surface area contributed by atoms with Gasteiger partial charge in [-0.15, -0.1) is 0 Å². The average molecular weight is 209 g/mol. The van der Waals surface area contributed by atoms with Crippen LogP contribution in [0.1, 0.15) is 5.56 Å². The number of nitro groups is 1. The lowest BCUT2D eigenvalue weighted by Gasteiger charge is -1.95. The minimum Gasteiger partial charge on any atom is -0.502 e. The lowest BCUT2D eigenvalue weighted by atomic mass is 10.2. The monoisotopic (exact) mass is 209 g/mol. The van der Waals surface area contributed by atoms with Gasteiger partial charge < -0.3 is 5.11 Å². The summed E-state index contributed by atoms with van der Waals surface area (Å²) in [5, 5.41) is 19.6. The van der Waals surface area contributed by atoms with E-state index in [1.807, 2.05) is 0 Å². The Morgan fingerprint density at radius 1 is 1.57 bits per heavy atom. The van der Waals surface area contributed by atoms with Crippen LogP contribution in [0.2, 0.25) is 0 Å². The normalized spacial score (nSPS) is 8.93. The molecule has 0 aromatic heterocycles. The third kappa shape index (κ3) is 2.41. The van der Waals surface area contributed by atoms with Gasteiger partial charge in [-0.1, -0.05) is 11.8 Å². The molecule has 1 N–H and O–H groups in total. The highest BCUT2D eigenvalue weighted by Crippen LogP contribution is 2.25. The molecule has 1 rings (SSSR count). The highest BCUT2D eigenvalue weighted by Gasteiger charge is 2.11. The molecule has 0 aliphatic rings. The summed E-state index contributed by atoms with van der Waals surface area (Å²) in [5.41, 5.74) is 0.212. The number of benzene rings is 1. The van der Waals surface area contributed by atoms with Crippen LogP contribution in [0.15, 0.2) is 18.2 Å². The van der Waals surface area contributed by atoms with Crippen molar-refractivity contribution in [2.45, 2.75) is 0 Å². The van der Waals surface area contributed by atoms with Crippen LogP contribution < -0.4 is 0 Å². The van der Waals surface area contributed by atoms with Crippen LogP contribution in [0, 0.1) is 22.0 Å². The van der Waals surface area contributed by atoms with E-state index in [0.717, 1.165) is 0 Å². The first-order valence-corrected chi connectivity index (χ1v) is 4.35. The highest BCUT2D eigenvalue weighted by molar-refractivity contribution is 7.80. The summed E-state index contributed by atoms with van der Waals surface area (Å²) >= 11 is 3.89. The summed E-state index contributed by atoms with van der Waals surface area (Å²) in [6, 6.07) is 3.96. The molecule has 0 radical (unpaired) electrons. The fourth-order valence-electron chi connectivity index (χ4n) is 0.897. The van der Waals surface area contributed by atoms with Gasteiger partial charge in [-0.05, 0) is 6.07 Å². The van der Waals surface area contributed by atoms with Crippen molar-refractivity contribution < 1.29 is 10.0 Å². The van der Waals surface area contributed by atoms with E-state index in [4.69, 9.17) is 0 Å². The average Bonchev–Trinajstić information content (AvgIpc) is 2.14. The third-order valence-corrected chi connectivity index (χ3v) is 1.64. The molecule has 0 saturated carbocycles. The van der Waals surface area contributed by atoms with Crippen LogP contribution in [0.5, 0.6) is 5.75 Å². The first-order valence-electron chi connectivity index (χ1n) is 3.72. The zero-order valence-corrected chi connectivity index (χ0v) is 7.99. The van der Waals surface area contributed by atoms with Gasteiger partial charge in [-0.25, -0.2) is 0 Å². The molecule has 5 heteroatoms. The Kier molecular flexibility index (Phi) is 3.37. The van der Waals surface area contributed by atoms with E-state index < -0.39 is 4.92 Å². The van der Waals surface area contributed by atoms with E-state index in [2.05, 4.69) is 24.5 Å². The van der Waals surface area contributed by atoms with Gasteiger partial charge in [0.15, 0.2) is 5.75 Å². The maximum atomic E-state index is 10.3. The Balaban J connectivity index is 3.06. The highest BCUT2D eigenvalue weighted by atomic mass is 32.1. The third-order valence-electron chi connectivity index (χ3n) is 1.48. The molecule has 1 aromatic carbocycles. The van der Waals surface area contributed by atoms with Gasteiger partial charge in [0.1, 0.15) is 0 Å². The van der Waals surface area contributed by atoms with Crippen molar-refractivity contribution in [2.24, 2.45) is 0 Å². The molecule has 0 atom stereocenters. The molecule has 14 heavy (non-hydrogen) atoms. The Labute approximate surface area is 86.1 Å². The van der Waals surface area contributed by atoms with Gasteiger partial charge in [0.2, 0.25) is 0 Å². The predicted molar refractivity (Wildman–Crippen MR) is 55.5 cm³/mol. The van der Waals surface area contributed by atoms with E-state index in [1.54, 1.807) is 0 Å². The Bertz CT molecular complexity index is 420. The molecule has 0 bridgehead atoms. The summed E-state index contributed by atoms with van der Waals surface area (Å²) in [7, 11) is 0. The molecule has 0 spiro atoms. The van der Waals surface area contributed by atoms with Crippen molar-refractivity contribution in [3.63, 3.8) is 0 Å². The second-order valence-corrected chi connectivity index (χ2v) is 2.74. The van der Waals surface area contributed by atoms with Crippen molar-refractivity contribution in [3.8, 4) is 17.6 Å². The molecule has 72 valence electrons. The molecule has 0 unspecified atom stereocenters.